The molecule has 0 aromatic carbocycles. The third-order valence-corrected chi connectivity index (χ3v) is 1.29. The third-order valence-electron chi connectivity index (χ3n) is 1.29. The Balaban J connectivity index is 4.62. The lowest BCUT2D eigenvalue weighted by molar-refractivity contribution is -0.170. The average Bonchev–Trinajstić information content (AvgIpc) is 1.82. The van der Waals surface area contributed by atoms with Crippen molar-refractivity contribution in [2.24, 2.45) is 0 Å². The van der Waals surface area contributed by atoms with Gasteiger partial charge in [0.1, 0.15) is 0 Å². The quantitative estimate of drug-likeness (QED) is 0.402. The first kappa shape index (κ1) is 11.4. The molecule has 13 heavy (non-hydrogen) atoms. The molecule has 0 radical (unpaired) electrons. The van der Waals surface area contributed by atoms with Crippen molar-refractivity contribution in [3.8, 4) is 0 Å². The summed E-state index contributed by atoms with van der Waals surface area (Å²) >= 11 is 0. The topological polar surface area (TPSA) is 132 Å². The predicted octanol–water partition coefficient (Wildman–Crippen LogP) is -1.25. The van der Waals surface area contributed by atoms with Crippen molar-refractivity contribution >= 4 is 17.9 Å². The van der Waals surface area contributed by atoms with Gasteiger partial charge in [-0.15, -0.1) is 0 Å². The molecule has 7 nitrogen and oxygen atoms in total. The van der Waals surface area contributed by atoms with Crippen LogP contribution in [0.1, 0.15) is 12.8 Å². The van der Waals surface area contributed by atoms with E-state index in [1.165, 1.54) is 0 Å². The third kappa shape index (κ3) is 3.52. The van der Waals surface area contributed by atoms with Gasteiger partial charge in [0.2, 0.25) is 0 Å². The first-order valence-electron chi connectivity index (χ1n) is 3.17. The molecule has 0 aromatic heterocycles. The highest BCUT2D eigenvalue weighted by Crippen LogP contribution is 2.15. The molecule has 1 atom stereocenters. The summed E-state index contributed by atoms with van der Waals surface area (Å²) in [6.45, 7) is 0. The fraction of sp³-hybridized carbons (Fsp3) is 0.500. The van der Waals surface area contributed by atoms with Crippen LogP contribution in [0.3, 0.4) is 0 Å². The standard InChI is InChI=1S/C6H8O7/c7-3(8)1-6(13,5(11)12)2-4(9)10/h13H,1-2H2,(H,7,8)(H,9,10)(H,11,12)/i1+1,3+1/t6-/m1/s1. The molecular weight excluding hydrogens is 186 g/mol. The van der Waals surface area contributed by atoms with E-state index in [0.29, 0.717) is 0 Å². The van der Waals surface area contributed by atoms with Gasteiger partial charge < -0.3 is 20.4 Å². The largest absolute Gasteiger partial charge is 0.481 e. The summed E-state index contributed by atoms with van der Waals surface area (Å²) in [5, 5.41) is 33.8. The number of aliphatic carboxylic acids is 3. The Morgan fingerprint density at radius 1 is 0.923 bits per heavy atom. The molecule has 0 fully saturated rings. The molecule has 0 aliphatic rings. The molecule has 74 valence electrons. The van der Waals surface area contributed by atoms with Crippen molar-refractivity contribution in [3.05, 3.63) is 0 Å². The lowest BCUT2D eigenvalue weighted by Crippen LogP contribution is -2.42. The van der Waals surface area contributed by atoms with E-state index in [-0.39, 0.29) is 0 Å². The number of hydrogen-bond acceptors (Lipinski definition) is 4. The summed E-state index contributed by atoms with van der Waals surface area (Å²) in [4.78, 5) is 30.5. The number of carboxylic acid groups (broad SMARTS) is 3. The van der Waals surface area contributed by atoms with Crippen molar-refractivity contribution in [2.45, 2.75) is 18.4 Å². The Morgan fingerprint density at radius 2 is 1.23 bits per heavy atom. The Morgan fingerprint density at radius 3 is 1.38 bits per heavy atom. The summed E-state index contributed by atoms with van der Waals surface area (Å²) in [6, 6.07) is 0. The zero-order valence-electron chi connectivity index (χ0n) is 6.43. The van der Waals surface area contributed by atoms with Crippen molar-refractivity contribution in [2.75, 3.05) is 0 Å². The molecule has 0 unspecified atom stereocenters. The van der Waals surface area contributed by atoms with Crippen LogP contribution < -0.4 is 0 Å². The molecule has 7 heteroatoms. The Hall–Kier alpha value is -1.63. The lowest BCUT2D eigenvalue weighted by atomic mass is 10.1. The number of aliphatic hydroxyl groups is 1. The SMILES string of the molecule is O=C(O)C[C@](O)([13CH2][13C](=O)O)C(=O)O. The van der Waals surface area contributed by atoms with Gasteiger partial charge in [0.25, 0.3) is 0 Å². The normalized spacial score (nSPS) is 14.5. The minimum Gasteiger partial charge on any atom is -0.481 e. The Labute approximate surface area is 72.2 Å². The molecule has 0 heterocycles. The maximum atomic E-state index is 10.3. The maximum absolute atomic E-state index is 10.3. The van der Waals surface area contributed by atoms with E-state index in [0.717, 1.165) is 0 Å². The van der Waals surface area contributed by atoms with Crippen LogP contribution in [0.4, 0.5) is 0 Å². The van der Waals surface area contributed by atoms with Crippen LogP contribution in [0.5, 0.6) is 0 Å². The molecule has 0 bridgehead atoms. The molecule has 0 aromatic rings. The van der Waals surface area contributed by atoms with Crippen LogP contribution in [-0.2, 0) is 14.4 Å². The first-order chi connectivity index (χ1) is 5.78. The molecule has 0 rings (SSSR count). The molecule has 0 spiro atoms. The van der Waals surface area contributed by atoms with E-state index in [2.05, 4.69) is 0 Å². The van der Waals surface area contributed by atoms with Crippen molar-refractivity contribution in [1.29, 1.82) is 0 Å². The molecule has 0 amide bonds. The van der Waals surface area contributed by atoms with Crippen LogP contribution in [0.15, 0.2) is 0 Å². The fourth-order valence-electron chi connectivity index (χ4n) is 0.714. The summed E-state index contributed by atoms with van der Waals surface area (Å²) in [5.41, 5.74) is -2.74. The van der Waals surface area contributed by atoms with Gasteiger partial charge in [0, 0.05) is 0 Å². The monoisotopic (exact) mass is 194 g/mol. The van der Waals surface area contributed by atoms with Crippen LogP contribution >= 0.6 is 0 Å². The average molecular weight is 194 g/mol. The summed E-state index contributed by atoms with van der Waals surface area (Å²) < 4.78 is 0. The number of rotatable bonds is 5. The zero-order chi connectivity index (χ0) is 10.6. The summed E-state index contributed by atoms with van der Waals surface area (Å²) in [5.74, 6) is -5.02. The number of carboxylic acids is 3. The van der Waals surface area contributed by atoms with Gasteiger partial charge in [-0.05, 0) is 0 Å². The molecule has 4 N–H and O–H groups in total. The van der Waals surface area contributed by atoms with Crippen molar-refractivity contribution in [3.63, 3.8) is 0 Å². The van der Waals surface area contributed by atoms with Gasteiger partial charge in [-0.1, -0.05) is 0 Å². The number of hydrogen-bond donors (Lipinski definition) is 4. The molecule has 0 saturated heterocycles. The lowest BCUT2D eigenvalue weighted by Gasteiger charge is -2.18. The van der Waals surface area contributed by atoms with E-state index in [4.69, 9.17) is 20.4 Å². The second-order valence-corrected chi connectivity index (χ2v) is 2.48. The maximum Gasteiger partial charge on any atom is 0.336 e. The highest BCUT2D eigenvalue weighted by atomic mass is 16.5. The zero-order valence-corrected chi connectivity index (χ0v) is 6.43. The van der Waals surface area contributed by atoms with E-state index >= 15 is 0 Å². The second-order valence-electron chi connectivity index (χ2n) is 2.48. The van der Waals surface area contributed by atoms with Crippen LogP contribution in [0.2, 0.25) is 0 Å². The smallest absolute Gasteiger partial charge is 0.336 e. The Kier molecular flexibility index (Phi) is 3.37. The Bertz CT molecular complexity index is 227. The summed E-state index contributed by atoms with van der Waals surface area (Å²) in [7, 11) is 0. The highest BCUT2D eigenvalue weighted by molar-refractivity contribution is 5.88. The molecule has 0 aliphatic heterocycles. The number of carbonyl (C=O) groups is 3. The summed E-state index contributed by atoms with van der Waals surface area (Å²) in [6.07, 6.45) is -2.29. The van der Waals surface area contributed by atoms with Crippen LogP contribution in [0.25, 0.3) is 0 Å². The van der Waals surface area contributed by atoms with Crippen LogP contribution in [-0.4, -0.2) is 43.9 Å². The van der Waals surface area contributed by atoms with Gasteiger partial charge in [-0.25, -0.2) is 4.79 Å². The second kappa shape index (κ2) is 3.85. The van der Waals surface area contributed by atoms with Crippen LogP contribution in [0, 0.1) is 0 Å². The molecule has 0 aliphatic carbocycles. The van der Waals surface area contributed by atoms with Gasteiger partial charge in [-0.3, -0.25) is 9.59 Å². The molecule has 0 saturated carbocycles. The van der Waals surface area contributed by atoms with Gasteiger partial charge in [-0.2, -0.15) is 0 Å². The minimum absolute atomic E-state index is 1.14. The highest BCUT2D eigenvalue weighted by Gasteiger charge is 2.40. The fourth-order valence-corrected chi connectivity index (χ4v) is 0.714. The first-order valence-corrected chi connectivity index (χ1v) is 3.17. The van der Waals surface area contributed by atoms with E-state index in [9.17, 15) is 14.4 Å². The predicted molar refractivity (Wildman–Crippen MR) is 37.1 cm³/mol. The minimum atomic E-state index is -2.74. The van der Waals surface area contributed by atoms with Gasteiger partial charge in [0.05, 0.1) is 12.8 Å². The van der Waals surface area contributed by atoms with Gasteiger partial charge >= 0.3 is 17.9 Å². The van der Waals surface area contributed by atoms with Crippen molar-refractivity contribution in [1.82, 2.24) is 0 Å². The van der Waals surface area contributed by atoms with E-state index < -0.39 is 36.4 Å². The van der Waals surface area contributed by atoms with E-state index in [1.807, 2.05) is 0 Å². The molecular formula is C6H8O7. The van der Waals surface area contributed by atoms with Gasteiger partial charge in [0.15, 0.2) is 5.60 Å². The van der Waals surface area contributed by atoms with E-state index in [1.54, 1.807) is 0 Å². The van der Waals surface area contributed by atoms with Crippen molar-refractivity contribution < 1.29 is 34.8 Å².